The van der Waals surface area contributed by atoms with E-state index in [4.69, 9.17) is 0 Å². The van der Waals surface area contributed by atoms with Crippen LogP contribution in [-0.2, 0) is 22.4 Å². The molecule has 1 aliphatic rings. The summed E-state index contributed by atoms with van der Waals surface area (Å²) in [5, 5.41) is 13.4. The highest BCUT2D eigenvalue weighted by Gasteiger charge is 2.35. The van der Waals surface area contributed by atoms with Crippen LogP contribution in [0.4, 0.5) is 0 Å². The smallest absolute Gasteiger partial charge is 0.326 e. The van der Waals surface area contributed by atoms with Crippen molar-refractivity contribution in [3.05, 3.63) is 63.9 Å². The number of nitrogens with zero attached hydrogens (tertiary/aromatic N) is 1. The molecule has 0 saturated heterocycles. The molecule has 0 spiro atoms. The Morgan fingerprint density at radius 3 is 2.97 bits per heavy atom. The van der Waals surface area contributed by atoms with E-state index in [0.717, 1.165) is 33.8 Å². The van der Waals surface area contributed by atoms with Gasteiger partial charge in [0.2, 0.25) is 5.91 Å². The molecule has 0 radical (unpaired) electrons. The number of H-pyrrole nitrogens is 1. The third kappa shape index (κ3) is 4.11. The van der Waals surface area contributed by atoms with Crippen molar-refractivity contribution < 1.29 is 14.7 Å². The number of nitrogens with one attached hydrogen (secondary N) is 2. The molecule has 1 amide bonds. The molecule has 2 aromatic heterocycles. The van der Waals surface area contributed by atoms with Crippen LogP contribution in [0.15, 0.2) is 47.2 Å². The van der Waals surface area contributed by atoms with E-state index in [2.05, 4.69) is 56.0 Å². The molecular weight excluding hydrogens is 466 g/mol. The Balaban J connectivity index is 1.52. The Bertz CT molecular complexity index is 1100. The Morgan fingerprint density at radius 2 is 2.20 bits per heavy atom. The van der Waals surface area contributed by atoms with Crippen LogP contribution in [-0.4, -0.2) is 38.7 Å². The number of benzene rings is 1. The Hall–Kier alpha value is -2.32. The zero-order valence-corrected chi connectivity index (χ0v) is 18.6. The van der Waals surface area contributed by atoms with E-state index in [9.17, 15) is 14.7 Å². The lowest BCUT2D eigenvalue weighted by Gasteiger charge is -2.24. The fourth-order valence-electron chi connectivity index (χ4n) is 4.31. The summed E-state index contributed by atoms with van der Waals surface area (Å²) in [4.78, 5) is 32.3. The van der Waals surface area contributed by atoms with Crippen molar-refractivity contribution in [1.29, 1.82) is 0 Å². The number of aromatic amines is 1. The van der Waals surface area contributed by atoms with Gasteiger partial charge in [0.25, 0.3) is 0 Å². The number of carbonyl (C=O) groups excluding carboxylic acids is 1. The number of aliphatic carboxylic acids is 1. The van der Waals surface area contributed by atoms with Crippen LogP contribution >= 0.6 is 28.6 Å². The van der Waals surface area contributed by atoms with Crippen molar-refractivity contribution in [3.63, 3.8) is 0 Å². The third-order valence-electron chi connectivity index (χ3n) is 5.82. The number of pyridine rings is 1. The lowest BCUT2D eigenvalue weighted by molar-refractivity contribution is -0.142. The predicted octanol–water partition coefficient (Wildman–Crippen LogP) is 3.71. The Kier molecular flexibility index (Phi) is 6.15. The van der Waals surface area contributed by atoms with Gasteiger partial charge >= 0.3 is 5.97 Å². The number of rotatable bonds is 7. The van der Waals surface area contributed by atoms with Crippen LogP contribution < -0.4 is 5.32 Å². The first kappa shape index (κ1) is 20.9. The van der Waals surface area contributed by atoms with Crippen molar-refractivity contribution in [2.45, 2.75) is 31.2 Å². The summed E-state index contributed by atoms with van der Waals surface area (Å²) in [5.41, 5.74) is 3.89. The van der Waals surface area contributed by atoms with E-state index in [1.54, 1.807) is 18.5 Å². The lowest BCUT2D eigenvalue weighted by atomic mass is 9.87. The molecule has 8 heteroatoms. The van der Waals surface area contributed by atoms with Gasteiger partial charge in [-0.1, -0.05) is 22.0 Å². The molecule has 3 atom stereocenters. The molecule has 3 N–H and O–H groups in total. The molecule has 1 aromatic carbocycles. The number of carboxylic acids is 1. The molecule has 6 nitrogen and oxygen atoms in total. The number of thiol groups is 1. The minimum absolute atomic E-state index is 0.0392. The molecule has 30 heavy (non-hydrogen) atoms. The molecule has 2 unspecified atom stereocenters. The van der Waals surface area contributed by atoms with Gasteiger partial charge in [0, 0.05) is 34.4 Å². The monoisotopic (exact) mass is 487 g/mol. The predicted molar refractivity (Wildman–Crippen MR) is 122 cm³/mol. The number of aromatic nitrogens is 2. The van der Waals surface area contributed by atoms with Crippen molar-refractivity contribution in [2.24, 2.45) is 5.92 Å². The maximum Gasteiger partial charge on any atom is 0.326 e. The number of carboxylic acid groups (broad SMARTS) is 1. The fourth-order valence-corrected chi connectivity index (χ4v) is 5.14. The van der Waals surface area contributed by atoms with Crippen LogP contribution in [0.3, 0.4) is 0 Å². The lowest BCUT2D eigenvalue weighted by Crippen LogP contribution is -2.46. The first-order valence-electron chi connectivity index (χ1n) is 9.81. The number of aryl methyl sites for hydroxylation is 1. The van der Waals surface area contributed by atoms with E-state index in [0.29, 0.717) is 11.4 Å². The average Bonchev–Trinajstić information content (AvgIpc) is 3.32. The van der Waals surface area contributed by atoms with Crippen LogP contribution in [0.2, 0.25) is 0 Å². The number of hydrogen-bond acceptors (Lipinski definition) is 4. The minimum atomic E-state index is -1.06. The van der Waals surface area contributed by atoms with Crippen LogP contribution in [0.5, 0.6) is 0 Å². The van der Waals surface area contributed by atoms with Crippen LogP contribution in [0.1, 0.15) is 29.0 Å². The SMILES string of the molecule is O=C(N[C@@H](Cc1c[nH]c2ncccc12)C(=O)O)C(CS)C1CCc2cc(Br)ccc21. The summed E-state index contributed by atoms with van der Waals surface area (Å²) >= 11 is 7.92. The summed E-state index contributed by atoms with van der Waals surface area (Å²) in [6, 6.07) is 8.79. The Labute approximate surface area is 188 Å². The normalized spacial score (nSPS) is 17.5. The topological polar surface area (TPSA) is 95.1 Å². The van der Waals surface area contributed by atoms with Crippen molar-refractivity contribution >= 4 is 51.5 Å². The molecule has 156 valence electrons. The molecule has 0 aliphatic heterocycles. The summed E-state index contributed by atoms with van der Waals surface area (Å²) in [6.45, 7) is 0. The second-order valence-electron chi connectivity index (χ2n) is 7.59. The summed E-state index contributed by atoms with van der Waals surface area (Å²) < 4.78 is 1.02. The first-order chi connectivity index (χ1) is 14.5. The number of fused-ring (bicyclic) bond motifs is 2. The van der Waals surface area contributed by atoms with Crippen LogP contribution in [0, 0.1) is 5.92 Å². The fraction of sp³-hybridized carbons (Fsp3) is 0.318. The van der Waals surface area contributed by atoms with E-state index >= 15 is 0 Å². The van der Waals surface area contributed by atoms with Gasteiger partial charge in [-0.25, -0.2) is 9.78 Å². The first-order valence-corrected chi connectivity index (χ1v) is 11.2. The molecule has 2 heterocycles. The zero-order valence-electron chi connectivity index (χ0n) is 16.1. The highest BCUT2D eigenvalue weighted by atomic mass is 79.9. The largest absolute Gasteiger partial charge is 0.480 e. The van der Waals surface area contributed by atoms with Gasteiger partial charge in [-0.05, 0) is 59.7 Å². The van der Waals surface area contributed by atoms with Gasteiger partial charge < -0.3 is 15.4 Å². The third-order valence-corrected chi connectivity index (χ3v) is 6.71. The maximum atomic E-state index is 13.1. The van der Waals surface area contributed by atoms with Crippen molar-refractivity contribution in [1.82, 2.24) is 15.3 Å². The molecule has 1 aliphatic carbocycles. The number of hydrogen-bond donors (Lipinski definition) is 4. The van der Waals surface area contributed by atoms with Gasteiger partial charge in [0.15, 0.2) is 0 Å². The second-order valence-corrected chi connectivity index (χ2v) is 8.88. The molecular formula is C22H22BrN3O3S. The van der Waals surface area contributed by atoms with Crippen molar-refractivity contribution in [3.8, 4) is 0 Å². The highest BCUT2D eigenvalue weighted by molar-refractivity contribution is 9.10. The zero-order chi connectivity index (χ0) is 21.3. The minimum Gasteiger partial charge on any atom is -0.480 e. The Morgan fingerprint density at radius 1 is 1.37 bits per heavy atom. The molecule has 0 bridgehead atoms. The molecule has 0 saturated carbocycles. The summed E-state index contributed by atoms with van der Waals surface area (Å²) in [5.74, 6) is -1.32. The van der Waals surface area contributed by atoms with E-state index in [-0.39, 0.29) is 24.2 Å². The van der Waals surface area contributed by atoms with Gasteiger partial charge in [-0.2, -0.15) is 12.6 Å². The average molecular weight is 488 g/mol. The van der Waals surface area contributed by atoms with Crippen LogP contribution in [0.25, 0.3) is 11.0 Å². The highest BCUT2D eigenvalue weighted by Crippen LogP contribution is 2.40. The number of halogens is 1. The van der Waals surface area contributed by atoms with Gasteiger partial charge in [-0.3, -0.25) is 4.79 Å². The molecule has 3 aromatic rings. The van der Waals surface area contributed by atoms with Gasteiger partial charge in [-0.15, -0.1) is 0 Å². The molecule has 4 rings (SSSR count). The standard InChI is InChI=1S/C22H22BrN3O3S/c23-14-4-6-15-12(8-14)3-5-17(15)18(11-30)21(27)26-19(22(28)29)9-13-10-25-20-16(13)2-1-7-24-20/h1-2,4,6-8,10,17-19,30H,3,5,9,11H2,(H,24,25)(H,26,27)(H,28,29)/t17?,18?,19-/m0/s1. The maximum absolute atomic E-state index is 13.1. The summed E-state index contributed by atoms with van der Waals surface area (Å²) in [6.07, 6.45) is 5.37. The van der Waals surface area contributed by atoms with E-state index in [1.165, 1.54) is 5.56 Å². The number of carbonyl (C=O) groups is 2. The van der Waals surface area contributed by atoms with E-state index < -0.39 is 12.0 Å². The molecule has 0 fully saturated rings. The van der Waals surface area contributed by atoms with E-state index in [1.807, 2.05) is 12.1 Å². The van der Waals surface area contributed by atoms with Gasteiger partial charge in [0.05, 0.1) is 5.92 Å². The van der Waals surface area contributed by atoms with Crippen molar-refractivity contribution in [2.75, 3.05) is 5.75 Å². The van der Waals surface area contributed by atoms with Gasteiger partial charge in [0.1, 0.15) is 11.7 Å². The quantitative estimate of drug-likeness (QED) is 0.382. The number of amides is 1. The second kappa shape index (κ2) is 8.81. The summed E-state index contributed by atoms with van der Waals surface area (Å²) in [7, 11) is 0.